The maximum absolute atomic E-state index is 13.9. The van der Waals surface area contributed by atoms with Crippen molar-refractivity contribution in [2.75, 3.05) is 0 Å². The zero-order valence-corrected chi connectivity index (χ0v) is 12.5. The average molecular weight is 358 g/mol. The molecule has 0 aliphatic carbocycles. The lowest BCUT2D eigenvalue weighted by Crippen LogP contribution is -1.99. The molecule has 0 heterocycles. The zero-order valence-electron chi connectivity index (χ0n) is 10.9. The average Bonchev–Trinajstić information content (AvgIpc) is 2.43. The molecular weight excluding hydrogens is 348 g/mol. The number of nitro groups is 1. The van der Waals surface area contributed by atoms with E-state index in [1.165, 1.54) is 12.1 Å². The lowest BCUT2D eigenvalue weighted by molar-refractivity contribution is -0.385. The number of alkyl halides is 1. The summed E-state index contributed by atoms with van der Waals surface area (Å²) in [7, 11) is 0. The van der Waals surface area contributed by atoms with Gasteiger partial charge in [0.05, 0.1) is 4.92 Å². The Morgan fingerprint density at radius 3 is 2.38 bits per heavy atom. The van der Waals surface area contributed by atoms with Crippen molar-refractivity contribution in [3.05, 3.63) is 63.2 Å². The Morgan fingerprint density at radius 2 is 1.86 bits per heavy atom. The molecule has 0 fully saturated rings. The van der Waals surface area contributed by atoms with Crippen LogP contribution >= 0.6 is 15.9 Å². The molecule has 2 aromatic rings. The highest BCUT2D eigenvalue weighted by Gasteiger charge is 2.21. The van der Waals surface area contributed by atoms with E-state index in [0.717, 1.165) is 12.1 Å². The van der Waals surface area contributed by atoms with Crippen LogP contribution in [0.4, 0.5) is 14.5 Å². The summed E-state index contributed by atoms with van der Waals surface area (Å²) in [4.78, 5) is 10.3. The summed E-state index contributed by atoms with van der Waals surface area (Å²) >= 11 is 3.10. The first-order valence-corrected chi connectivity index (χ1v) is 7.02. The Kier molecular flexibility index (Phi) is 4.52. The first-order valence-electron chi connectivity index (χ1n) is 5.89. The van der Waals surface area contributed by atoms with Crippen LogP contribution in [0.25, 0.3) is 0 Å². The fraction of sp³-hybridized carbons (Fsp3) is 0.143. The molecule has 2 rings (SSSR count). The van der Waals surface area contributed by atoms with Crippen molar-refractivity contribution in [3.8, 4) is 11.5 Å². The number of benzene rings is 2. The molecule has 0 atom stereocenters. The van der Waals surface area contributed by atoms with Crippen molar-refractivity contribution in [2.24, 2.45) is 0 Å². The van der Waals surface area contributed by atoms with Crippen molar-refractivity contribution in [1.29, 1.82) is 0 Å². The molecule has 0 aromatic heterocycles. The highest BCUT2D eigenvalue weighted by Crippen LogP contribution is 2.37. The number of nitrogens with zero attached hydrogens (tertiary/aromatic N) is 1. The number of ether oxygens (including phenoxy) is 1. The van der Waals surface area contributed by atoms with Crippen LogP contribution in [0.2, 0.25) is 0 Å². The minimum Gasteiger partial charge on any atom is -0.444 e. The van der Waals surface area contributed by atoms with E-state index >= 15 is 0 Å². The first kappa shape index (κ1) is 15.4. The predicted octanol–water partition coefficient (Wildman–Crippen LogP) is 4.87. The molecule has 0 amide bonds. The van der Waals surface area contributed by atoms with Crippen molar-refractivity contribution in [2.45, 2.75) is 12.3 Å². The largest absolute Gasteiger partial charge is 0.444 e. The Labute approximate surface area is 127 Å². The molecular formula is C14H10BrF2NO3. The van der Waals surface area contributed by atoms with E-state index in [1.54, 1.807) is 13.0 Å². The number of rotatable bonds is 4. The molecule has 4 nitrogen and oxygen atoms in total. The van der Waals surface area contributed by atoms with E-state index in [4.69, 9.17) is 4.74 Å². The van der Waals surface area contributed by atoms with Crippen molar-refractivity contribution in [3.63, 3.8) is 0 Å². The number of hydrogen-bond donors (Lipinski definition) is 0. The van der Waals surface area contributed by atoms with Crippen LogP contribution in [0.5, 0.6) is 11.5 Å². The Hall–Kier alpha value is -2.02. The Balaban J connectivity index is 2.51. The van der Waals surface area contributed by atoms with Gasteiger partial charge in [-0.3, -0.25) is 10.1 Å². The Bertz CT molecular complexity index is 684. The second kappa shape index (κ2) is 6.17. The zero-order chi connectivity index (χ0) is 15.6. The van der Waals surface area contributed by atoms with Gasteiger partial charge in [-0.2, -0.15) is 0 Å². The minimum absolute atomic E-state index is 0.174. The summed E-state index contributed by atoms with van der Waals surface area (Å²) in [5.74, 6) is -2.66. The van der Waals surface area contributed by atoms with Crippen LogP contribution in [-0.2, 0) is 5.33 Å². The molecule has 0 saturated heterocycles. The third kappa shape index (κ3) is 3.18. The van der Waals surface area contributed by atoms with Gasteiger partial charge in [-0.15, -0.1) is 0 Å². The van der Waals surface area contributed by atoms with Crippen LogP contribution in [0.15, 0.2) is 30.3 Å². The summed E-state index contributed by atoms with van der Waals surface area (Å²) in [5.41, 5.74) is 0.461. The van der Waals surface area contributed by atoms with Crippen LogP contribution in [0.1, 0.15) is 11.1 Å². The number of para-hydroxylation sites is 1. The summed E-state index contributed by atoms with van der Waals surface area (Å²) in [6.07, 6.45) is 0. The standard InChI is InChI=1S/C14H10BrF2NO3/c1-8-3-2-4-12(18(19)20)13(8)21-14-10(16)5-9(7-15)6-11(14)17/h2-6H,7H2,1H3. The lowest BCUT2D eigenvalue weighted by atomic mass is 10.2. The van der Waals surface area contributed by atoms with Gasteiger partial charge >= 0.3 is 5.69 Å². The molecule has 0 spiro atoms. The Morgan fingerprint density at radius 1 is 1.24 bits per heavy atom. The number of hydrogen-bond acceptors (Lipinski definition) is 3. The minimum atomic E-state index is -0.915. The van der Waals surface area contributed by atoms with E-state index in [0.29, 0.717) is 11.1 Å². The monoisotopic (exact) mass is 357 g/mol. The molecule has 21 heavy (non-hydrogen) atoms. The topological polar surface area (TPSA) is 52.4 Å². The smallest absolute Gasteiger partial charge is 0.311 e. The second-order valence-electron chi connectivity index (χ2n) is 4.30. The quantitative estimate of drug-likeness (QED) is 0.445. The maximum Gasteiger partial charge on any atom is 0.311 e. The number of nitro benzene ring substituents is 1. The third-order valence-electron chi connectivity index (χ3n) is 2.80. The summed E-state index contributed by atoms with van der Waals surface area (Å²) in [5, 5.41) is 11.2. The van der Waals surface area contributed by atoms with Crippen LogP contribution in [0, 0.1) is 28.7 Å². The molecule has 0 radical (unpaired) electrons. The molecule has 0 unspecified atom stereocenters. The van der Waals surface area contributed by atoms with E-state index in [2.05, 4.69) is 15.9 Å². The highest BCUT2D eigenvalue weighted by atomic mass is 79.9. The van der Waals surface area contributed by atoms with Crippen molar-refractivity contribution >= 4 is 21.6 Å². The number of aryl methyl sites for hydroxylation is 1. The van der Waals surface area contributed by atoms with Gasteiger partial charge < -0.3 is 4.74 Å². The highest BCUT2D eigenvalue weighted by molar-refractivity contribution is 9.08. The first-order chi connectivity index (χ1) is 9.93. The number of halogens is 3. The fourth-order valence-corrected chi connectivity index (χ4v) is 2.13. The van der Waals surface area contributed by atoms with Crippen LogP contribution < -0.4 is 4.74 Å². The van der Waals surface area contributed by atoms with Gasteiger partial charge in [0.2, 0.25) is 5.75 Å². The molecule has 0 aliphatic heterocycles. The van der Waals surface area contributed by atoms with E-state index in [-0.39, 0.29) is 16.8 Å². The molecule has 0 bridgehead atoms. The van der Waals surface area contributed by atoms with Crippen LogP contribution in [0.3, 0.4) is 0 Å². The molecule has 0 N–H and O–H groups in total. The van der Waals surface area contributed by atoms with Gasteiger partial charge in [0.25, 0.3) is 0 Å². The van der Waals surface area contributed by atoms with Gasteiger partial charge in [-0.1, -0.05) is 28.1 Å². The van der Waals surface area contributed by atoms with Gasteiger partial charge in [0.15, 0.2) is 17.4 Å². The fourth-order valence-electron chi connectivity index (χ4n) is 1.80. The lowest BCUT2D eigenvalue weighted by Gasteiger charge is -2.11. The van der Waals surface area contributed by atoms with E-state index in [9.17, 15) is 18.9 Å². The SMILES string of the molecule is Cc1cccc([N+](=O)[O-])c1Oc1c(F)cc(CBr)cc1F. The molecule has 7 heteroatoms. The van der Waals surface area contributed by atoms with Crippen molar-refractivity contribution in [1.82, 2.24) is 0 Å². The normalized spacial score (nSPS) is 10.5. The van der Waals surface area contributed by atoms with Gasteiger partial charge in [0, 0.05) is 11.4 Å². The molecule has 0 saturated carbocycles. The summed E-state index contributed by atoms with van der Waals surface area (Å²) in [6, 6.07) is 6.46. The summed E-state index contributed by atoms with van der Waals surface area (Å²) in [6.45, 7) is 1.56. The predicted molar refractivity (Wildman–Crippen MR) is 76.9 cm³/mol. The van der Waals surface area contributed by atoms with E-state index < -0.39 is 22.3 Å². The summed E-state index contributed by atoms with van der Waals surface area (Å²) < 4.78 is 32.9. The maximum atomic E-state index is 13.9. The van der Waals surface area contributed by atoms with Gasteiger partial charge in [-0.05, 0) is 30.2 Å². The van der Waals surface area contributed by atoms with E-state index in [1.807, 2.05) is 0 Å². The molecule has 0 aliphatic rings. The van der Waals surface area contributed by atoms with Crippen LogP contribution in [-0.4, -0.2) is 4.92 Å². The van der Waals surface area contributed by atoms with Gasteiger partial charge in [0.1, 0.15) is 0 Å². The van der Waals surface area contributed by atoms with Gasteiger partial charge in [-0.25, -0.2) is 8.78 Å². The molecule has 2 aromatic carbocycles. The second-order valence-corrected chi connectivity index (χ2v) is 4.87. The van der Waals surface area contributed by atoms with Crippen molar-refractivity contribution < 1.29 is 18.4 Å². The molecule has 110 valence electrons. The third-order valence-corrected chi connectivity index (χ3v) is 3.45.